The second-order valence-corrected chi connectivity index (χ2v) is 9.53. The summed E-state index contributed by atoms with van der Waals surface area (Å²) in [5, 5.41) is 3.21. The molecular formula is C24H25ClN2O5S. The summed E-state index contributed by atoms with van der Waals surface area (Å²) >= 11 is 6.10. The van der Waals surface area contributed by atoms with Crippen LogP contribution in [0.2, 0.25) is 5.02 Å². The van der Waals surface area contributed by atoms with E-state index in [0.29, 0.717) is 16.5 Å². The van der Waals surface area contributed by atoms with Crippen LogP contribution >= 0.6 is 11.6 Å². The fourth-order valence-electron chi connectivity index (χ4n) is 3.21. The maximum Gasteiger partial charge on any atom is 0.264 e. The number of sulfonamides is 1. The molecule has 0 spiro atoms. The molecule has 3 aromatic rings. The fraction of sp³-hybridized carbons (Fsp3) is 0.208. The van der Waals surface area contributed by atoms with Crippen LogP contribution in [-0.2, 0) is 14.8 Å². The zero-order valence-electron chi connectivity index (χ0n) is 18.5. The number of nitrogens with zero attached hydrogens (tertiary/aromatic N) is 1. The number of amides is 1. The van der Waals surface area contributed by atoms with Crippen LogP contribution < -0.4 is 19.1 Å². The minimum atomic E-state index is -4.06. The van der Waals surface area contributed by atoms with Gasteiger partial charge in [-0.05, 0) is 67.1 Å². The van der Waals surface area contributed by atoms with Crippen molar-refractivity contribution in [1.82, 2.24) is 5.32 Å². The lowest BCUT2D eigenvalue weighted by molar-refractivity contribution is -0.120. The van der Waals surface area contributed by atoms with Gasteiger partial charge in [-0.15, -0.1) is 0 Å². The lowest BCUT2D eigenvalue weighted by Gasteiger charge is -2.25. The van der Waals surface area contributed by atoms with E-state index in [-0.39, 0.29) is 16.6 Å². The summed E-state index contributed by atoms with van der Waals surface area (Å²) in [4.78, 5) is 12.9. The van der Waals surface area contributed by atoms with Gasteiger partial charge in [-0.3, -0.25) is 9.10 Å². The Kier molecular flexibility index (Phi) is 7.84. The van der Waals surface area contributed by atoms with E-state index < -0.39 is 22.5 Å². The molecule has 9 heteroatoms. The third-order valence-corrected chi connectivity index (χ3v) is 7.05. The SMILES string of the molecule is COc1ccc([C@H](C)NC(=O)CN(c2cccc(Cl)c2)S(=O)(=O)c2ccc(OC)cc2)cc1. The first-order valence-corrected chi connectivity index (χ1v) is 11.9. The van der Waals surface area contributed by atoms with Gasteiger partial charge >= 0.3 is 0 Å². The highest BCUT2D eigenvalue weighted by Gasteiger charge is 2.28. The molecule has 3 rings (SSSR count). The molecule has 0 bridgehead atoms. The standard InChI is InChI=1S/C24H25ClN2O5S/c1-17(18-7-9-21(31-2)10-8-18)26-24(28)16-27(20-6-4-5-19(25)15-20)33(29,30)23-13-11-22(32-3)12-14-23/h4-15,17H,16H2,1-3H3,(H,26,28)/t17-/m0/s1. The zero-order valence-corrected chi connectivity index (χ0v) is 20.1. The van der Waals surface area contributed by atoms with E-state index in [0.717, 1.165) is 9.87 Å². The molecule has 0 unspecified atom stereocenters. The number of anilines is 1. The van der Waals surface area contributed by atoms with Gasteiger partial charge in [0, 0.05) is 5.02 Å². The van der Waals surface area contributed by atoms with Crippen LogP contribution in [0.5, 0.6) is 11.5 Å². The Bertz CT molecular complexity index is 1200. The highest BCUT2D eigenvalue weighted by Crippen LogP contribution is 2.27. The third-order valence-electron chi connectivity index (χ3n) is 5.02. The van der Waals surface area contributed by atoms with E-state index in [1.165, 1.54) is 25.3 Å². The van der Waals surface area contributed by atoms with Crippen LogP contribution in [0.1, 0.15) is 18.5 Å². The Morgan fingerprint density at radius 3 is 2.09 bits per heavy atom. The Morgan fingerprint density at radius 2 is 1.55 bits per heavy atom. The fourth-order valence-corrected chi connectivity index (χ4v) is 4.81. The Balaban J connectivity index is 1.87. The van der Waals surface area contributed by atoms with E-state index in [4.69, 9.17) is 21.1 Å². The van der Waals surface area contributed by atoms with Crippen molar-refractivity contribution in [3.05, 3.63) is 83.4 Å². The van der Waals surface area contributed by atoms with Gasteiger partial charge in [0.05, 0.1) is 30.8 Å². The quantitative estimate of drug-likeness (QED) is 0.481. The molecule has 1 atom stereocenters. The first kappa shape index (κ1) is 24.4. The lowest BCUT2D eigenvalue weighted by atomic mass is 10.1. The highest BCUT2D eigenvalue weighted by atomic mass is 35.5. The zero-order chi connectivity index (χ0) is 24.0. The van der Waals surface area contributed by atoms with Crippen molar-refractivity contribution in [2.75, 3.05) is 25.1 Å². The topological polar surface area (TPSA) is 84.9 Å². The molecule has 0 saturated carbocycles. The first-order valence-electron chi connectivity index (χ1n) is 10.1. The predicted molar refractivity (Wildman–Crippen MR) is 129 cm³/mol. The van der Waals surface area contributed by atoms with Gasteiger partial charge in [0.2, 0.25) is 5.91 Å². The van der Waals surface area contributed by atoms with Crippen molar-refractivity contribution in [3.63, 3.8) is 0 Å². The van der Waals surface area contributed by atoms with Gasteiger partial charge < -0.3 is 14.8 Å². The van der Waals surface area contributed by atoms with Crippen LogP contribution in [0.4, 0.5) is 5.69 Å². The molecule has 0 aromatic heterocycles. The minimum absolute atomic E-state index is 0.0271. The van der Waals surface area contributed by atoms with Crippen LogP contribution in [0, 0.1) is 0 Å². The molecule has 33 heavy (non-hydrogen) atoms. The number of methoxy groups -OCH3 is 2. The summed E-state index contributed by atoms with van der Waals surface area (Å²) in [5.41, 5.74) is 1.14. The molecule has 7 nitrogen and oxygen atoms in total. The van der Waals surface area contributed by atoms with Crippen LogP contribution in [-0.4, -0.2) is 35.1 Å². The summed E-state index contributed by atoms with van der Waals surface area (Å²) in [6, 6.07) is 19.3. The Labute approximate surface area is 198 Å². The third kappa shape index (κ3) is 5.97. The molecule has 0 fully saturated rings. The van der Waals surface area contributed by atoms with Crippen molar-refractivity contribution in [1.29, 1.82) is 0 Å². The molecular weight excluding hydrogens is 464 g/mol. The van der Waals surface area contributed by atoms with Crippen molar-refractivity contribution >= 4 is 33.2 Å². The average Bonchev–Trinajstić information content (AvgIpc) is 2.82. The molecule has 0 aliphatic heterocycles. The number of rotatable bonds is 9. The number of carbonyl (C=O) groups excluding carboxylic acids is 1. The Morgan fingerprint density at radius 1 is 0.970 bits per heavy atom. The first-order chi connectivity index (χ1) is 15.7. The molecule has 1 N–H and O–H groups in total. The lowest BCUT2D eigenvalue weighted by Crippen LogP contribution is -2.41. The minimum Gasteiger partial charge on any atom is -0.497 e. The maximum atomic E-state index is 13.5. The number of nitrogens with one attached hydrogen (secondary N) is 1. The summed E-state index contributed by atoms with van der Waals surface area (Å²) in [6.45, 7) is 1.40. The summed E-state index contributed by atoms with van der Waals surface area (Å²) in [7, 11) is -0.985. The van der Waals surface area contributed by atoms with Gasteiger partial charge in [0.15, 0.2) is 0 Å². The number of halogens is 1. The maximum absolute atomic E-state index is 13.5. The summed E-state index contributed by atoms with van der Waals surface area (Å²) in [5.74, 6) is 0.764. The summed E-state index contributed by atoms with van der Waals surface area (Å²) < 4.78 is 38.2. The second-order valence-electron chi connectivity index (χ2n) is 7.23. The monoisotopic (exact) mass is 488 g/mol. The van der Waals surface area contributed by atoms with Gasteiger partial charge in [-0.25, -0.2) is 8.42 Å². The van der Waals surface area contributed by atoms with E-state index in [1.807, 2.05) is 19.1 Å². The average molecular weight is 489 g/mol. The molecule has 174 valence electrons. The number of carbonyl (C=O) groups is 1. The molecule has 0 aliphatic carbocycles. The van der Waals surface area contributed by atoms with Crippen molar-refractivity contribution in [2.45, 2.75) is 17.9 Å². The predicted octanol–water partition coefficient (Wildman–Crippen LogP) is 4.43. The van der Waals surface area contributed by atoms with Crippen LogP contribution in [0.3, 0.4) is 0 Å². The smallest absolute Gasteiger partial charge is 0.264 e. The Hall–Kier alpha value is -3.23. The number of ether oxygens (including phenoxy) is 2. The number of benzene rings is 3. The number of hydrogen-bond acceptors (Lipinski definition) is 5. The van der Waals surface area contributed by atoms with E-state index in [2.05, 4.69) is 5.32 Å². The molecule has 0 heterocycles. The van der Waals surface area contributed by atoms with Gasteiger partial charge in [0.25, 0.3) is 10.0 Å². The normalized spacial score (nSPS) is 12.0. The van der Waals surface area contributed by atoms with E-state index in [9.17, 15) is 13.2 Å². The molecule has 0 radical (unpaired) electrons. The molecule has 3 aromatic carbocycles. The van der Waals surface area contributed by atoms with Gasteiger partial charge in [-0.1, -0.05) is 29.8 Å². The molecule has 0 saturated heterocycles. The van der Waals surface area contributed by atoms with E-state index >= 15 is 0 Å². The van der Waals surface area contributed by atoms with Crippen molar-refractivity contribution in [3.8, 4) is 11.5 Å². The van der Waals surface area contributed by atoms with Crippen molar-refractivity contribution in [2.24, 2.45) is 0 Å². The van der Waals surface area contributed by atoms with Crippen LogP contribution in [0.15, 0.2) is 77.7 Å². The molecule has 1 amide bonds. The van der Waals surface area contributed by atoms with E-state index in [1.54, 1.807) is 49.6 Å². The summed E-state index contributed by atoms with van der Waals surface area (Å²) in [6.07, 6.45) is 0. The number of hydrogen-bond donors (Lipinski definition) is 1. The molecule has 0 aliphatic rings. The highest BCUT2D eigenvalue weighted by molar-refractivity contribution is 7.92. The second kappa shape index (κ2) is 10.6. The van der Waals surface area contributed by atoms with Gasteiger partial charge in [-0.2, -0.15) is 0 Å². The van der Waals surface area contributed by atoms with Crippen LogP contribution in [0.25, 0.3) is 0 Å². The largest absolute Gasteiger partial charge is 0.497 e. The van der Waals surface area contributed by atoms with Crippen molar-refractivity contribution < 1.29 is 22.7 Å². The van der Waals surface area contributed by atoms with Gasteiger partial charge in [0.1, 0.15) is 18.0 Å².